The molecule has 0 aromatic heterocycles. The summed E-state index contributed by atoms with van der Waals surface area (Å²) in [5.41, 5.74) is 0.436. The molecule has 0 bridgehead atoms. The summed E-state index contributed by atoms with van der Waals surface area (Å²) < 4.78 is -1.78. The number of nitrogens with one attached hydrogen (secondary N) is 1. The maximum atomic E-state index is 11.8. The Balaban J connectivity index is 2.82. The van der Waals surface area contributed by atoms with Crippen LogP contribution in [0.15, 0.2) is 35.3 Å². The molecule has 0 unspecified atom stereocenters. The van der Waals surface area contributed by atoms with Crippen LogP contribution in [0.1, 0.15) is 10.4 Å². The molecule has 0 saturated heterocycles. The van der Waals surface area contributed by atoms with Crippen LogP contribution in [0.5, 0.6) is 0 Å². The quantitative estimate of drug-likeness (QED) is 0.529. The number of nitrogens with zero attached hydrogens (tertiary/aromatic N) is 1. The van der Waals surface area contributed by atoms with E-state index >= 15 is 0 Å². The Morgan fingerprint density at radius 1 is 1.35 bits per heavy atom. The summed E-state index contributed by atoms with van der Waals surface area (Å²) in [6.07, 6.45) is -1.07. The topological polar surface area (TPSA) is 41.5 Å². The number of rotatable bonds is 3. The summed E-state index contributed by atoms with van der Waals surface area (Å²) in [4.78, 5) is 15.4. The first-order valence-corrected chi connectivity index (χ1v) is 5.99. The average molecular weight is 310 g/mol. The maximum Gasteiger partial charge on any atom is 0.253 e. The van der Waals surface area contributed by atoms with Gasteiger partial charge in [-0.05, 0) is 24.4 Å². The van der Waals surface area contributed by atoms with Crippen LogP contribution in [0.4, 0.5) is 0 Å². The second kappa shape index (κ2) is 6.34. The summed E-state index contributed by atoms with van der Waals surface area (Å²) >= 11 is 21.4. The van der Waals surface area contributed by atoms with Gasteiger partial charge in [-0.1, -0.05) is 53.0 Å². The van der Waals surface area contributed by atoms with Gasteiger partial charge < -0.3 is 5.32 Å². The smallest absolute Gasteiger partial charge is 0.253 e. The van der Waals surface area contributed by atoms with Crippen molar-refractivity contribution < 1.29 is 4.79 Å². The van der Waals surface area contributed by atoms with E-state index in [0.717, 1.165) is 0 Å². The summed E-state index contributed by atoms with van der Waals surface area (Å²) in [6.45, 7) is 0. The predicted octanol–water partition coefficient (Wildman–Crippen LogP) is 3.22. The van der Waals surface area contributed by atoms with E-state index in [0.29, 0.717) is 5.56 Å². The Kier molecular flexibility index (Phi) is 5.37. The SMILES string of the molecule is O=C(N[C@@H](N=C=S)C(Cl)(Cl)Cl)c1ccccc1. The molecular formula is C10H7Cl3N2OS. The molecule has 90 valence electrons. The van der Waals surface area contributed by atoms with E-state index in [-0.39, 0.29) is 0 Å². The Morgan fingerprint density at radius 2 is 1.94 bits per heavy atom. The molecule has 1 amide bonds. The van der Waals surface area contributed by atoms with E-state index in [4.69, 9.17) is 34.8 Å². The van der Waals surface area contributed by atoms with Gasteiger partial charge in [-0.3, -0.25) is 4.79 Å². The molecule has 0 fully saturated rings. The summed E-state index contributed by atoms with van der Waals surface area (Å²) in [6, 6.07) is 8.50. The van der Waals surface area contributed by atoms with Crippen molar-refractivity contribution in [3.05, 3.63) is 35.9 Å². The highest BCUT2D eigenvalue weighted by molar-refractivity contribution is 7.78. The molecule has 1 rings (SSSR count). The van der Waals surface area contributed by atoms with Crippen molar-refractivity contribution in [2.45, 2.75) is 9.96 Å². The molecule has 0 aliphatic heterocycles. The number of carbonyl (C=O) groups is 1. The van der Waals surface area contributed by atoms with Crippen molar-refractivity contribution >= 4 is 58.1 Å². The Morgan fingerprint density at radius 3 is 2.41 bits per heavy atom. The number of isothiocyanates is 1. The second-order valence-corrected chi connectivity index (χ2v) is 5.56. The Labute approximate surface area is 119 Å². The van der Waals surface area contributed by atoms with Crippen LogP contribution in [0.25, 0.3) is 0 Å². The number of carbonyl (C=O) groups excluding carboxylic acids is 1. The zero-order valence-electron chi connectivity index (χ0n) is 8.36. The molecule has 0 radical (unpaired) electrons. The van der Waals surface area contributed by atoms with E-state index in [2.05, 4.69) is 27.7 Å². The van der Waals surface area contributed by atoms with Crippen molar-refractivity contribution in [3.8, 4) is 0 Å². The first kappa shape index (κ1) is 14.4. The van der Waals surface area contributed by atoms with Crippen molar-refractivity contribution in [1.29, 1.82) is 0 Å². The van der Waals surface area contributed by atoms with E-state index in [9.17, 15) is 4.79 Å². The van der Waals surface area contributed by atoms with Gasteiger partial charge in [-0.2, -0.15) is 0 Å². The second-order valence-electron chi connectivity index (χ2n) is 3.00. The normalized spacial score (nSPS) is 12.4. The fourth-order valence-electron chi connectivity index (χ4n) is 1.04. The van der Waals surface area contributed by atoms with Gasteiger partial charge in [-0.25, -0.2) is 4.99 Å². The van der Waals surface area contributed by atoms with Gasteiger partial charge in [0.2, 0.25) is 3.79 Å². The lowest BCUT2D eigenvalue weighted by Gasteiger charge is -2.20. The molecule has 0 aliphatic carbocycles. The molecule has 3 nitrogen and oxygen atoms in total. The van der Waals surface area contributed by atoms with Crippen LogP contribution in [-0.2, 0) is 0 Å². The van der Waals surface area contributed by atoms with Crippen LogP contribution >= 0.6 is 47.0 Å². The number of halogens is 3. The minimum absolute atomic E-state index is 0.407. The molecule has 0 heterocycles. The highest BCUT2D eigenvalue weighted by Crippen LogP contribution is 2.30. The third-order valence-electron chi connectivity index (χ3n) is 1.80. The number of alkyl halides is 3. The van der Waals surface area contributed by atoms with Crippen LogP contribution in [-0.4, -0.2) is 21.0 Å². The molecular weight excluding hydrogens is 303 g/mol. The summed E-state index contributed by atoms with van der Waals surface area (Å²) in [5, 5.41) is 4.52. The van der Waals surface area contributed by atoms with Crippen molar-refractivity contribution in [1.82, 2.24) is 5.32 Å². The van der Waals surface area contributed by atoms with Gasteiger partial charge in [0.05, 0.1) is 5.16 Å². The van der Waals surface area contributed by atoms with Crippen LogP contribution < -0.4 is 5.32 Å². The first-order chi connectivity index (χ1) is 7.95. The average Bonchev–Trinajstić information content (AvgIpc) is 2.28. The highest BCUT2D eigenvalue weighted by Gasteiger charge is 2.33. The van der Waals surface area contributed by atoms with Gasteiger partial charge in [0.15, 0.2) is 6.17 Å². The van der Waals surface area contributed by atoms with E-state index in [1.807, 2.05) is 0 Å². The standard InChI is InChI=1S/C10H7Cl3N2OS/c11-10(12,13)9(14-6-17)15-8(16)7-4-2-1-3-5-7/h1-5,9H,(H,15,16)/t9-/m1/s1. The lowest BCUT2D eigenvalue weighted by atomic mass is 10.2. The zero-order valence-corrected chi connectivity index (χ0v) is 11.4. The lowest BCUT2D eigenvalue weighted by Crippen LogP contribution is -2.42. The molecule has 0 saturated carbocycles. The third kappa shape index (κ3) is 4.62. The van der Waals surface area contributed by atoms with Gasteiger partial charge in [0.25, 0.3) is 5.91 Å². The zero-order chi connectivity index (χ0) is 12.9. The van der Waals surface area contributed by atoms with Gasteiger partial charge in [0, 0.05) is 5.56 Å². The third-order valence-corrected chi connectivity index (χ3v) is 2.52. The van der Waals surface area contributed by atoms with Gasteiger partial charge >= 0.3 is 0 Å². The molecule has 0 aliphatic rings. The minimum atomic E-state index is -1.78. The van der Waals surface area contributed by atoms with E-state index < -0.39 is 15.9 Å². The molecule has 1 atom stereocenters. The molecule has 7 heteroatoms. The van der Waals surface area contributed by atoms with Crippen molar-refractivity contribution in [2.75, 3.05) is 0 Å². The molecule has 1 aromatic carbocycles. The fourth-order valence-corrected chi connectivity index (χ4v) is 1.45. The monoisotopic (exact) mass is 308 g/mol. The number of hydrogen-bond donors (Lipinski definition) is 1. The minimum Gasteiger partial charge on any atom is -0.326 e. The Hall–Kier alpha value is -0.640. The van der Waals surface area contributed by atoms with Gasteiger partial charge in [-0.15, -0.1) is 0 Å². The molecule has 17 heavy (non-hydrogen) atoms. The summed E-state index contributed by atoms with van der Waals surface area (Å²) in [7, 11) is 0. The number of benzene rings is 1. The fraction of sp³-hybridized carbons (Fsp3) is 0.200. The molecule has 0 spiro atoms. The van der Waals surface area contributed by atoms with Crippen LogP contribution in [0.2, 0.25) is 0 Å². The van der Waals surface area contributed by atoms with Crippen molar-refractivity contribution in [3.63, 3.8) is 0 Å². The van der Waals surface area contributed by atoms with E-state index in [1.54, 1.807) is 30.3 Å². The predicted molar refractivity (Wildman–Crippen MR) is 73.0 cm³/mol. The Bertz CT molecular complexity index is 441. The number of amides is 1. The number of hydrogen-bond acceptors (Lipinski definition) is 3. The number of thiocarbonyl (C=S) groups is 1. The first-order valence-electron chi connectivity index (χ1n) is 4.45. The highest BCUT2D eigenvalue weighted by atomic mass is 35.6. The maximum absolute atomic E-state index is 11.8. The largest absolute Gasteiger partial charge is 0.326 e. The summed E-state index contributed by atoms with van der Waals surface area (Å²) in [5.74, 6) is -0.407. The van der Waals surface area contributed by atoms with Crippen LogP contribution in [0, 0.1) is 0 Å². The van der Waals surface area contributed by atoms with Gasteiger partial charge in [0.1, 0.15) is 0 Å². The van der Waals surface area contributed by atoms with E-state index in [1.165, 1.54) is 0 Å². The molecule has 1 aromatic rings. The van der Waals surface area contributed by atoms with Crippen molar-refractivity contribution in [2.24, 2.45) is 4.99 Å². The van der Waals surface area contributed by atoms with Crippen LogP contribution in [0.3, 0.4) is 0 Å². The lowest BCUT2D eigenvalue weighted by molar-refractivity contribution is 0.0939. The number of aliphatic imine (C=N–C) groups is 1. The molecule has 1 N–H and O–H groups in total.